The van der Waals surface area contributed by atoms with E-state index in [1.165, 1.54) is 11.3 Å². The van der Waals surface area contributed by atoms with Gasteiger partial charge in [0.05, 0.1) is 0 Å². The van der Waals surface area contributed by atoms with E-state index in [9.17, 15) is 5.11 Å². The van der Waals surface area contributed by atoms with Crippen LogP contribution in [0, 0.1) is 0 Å². The van der Waals surface area contributed by atoms with Crippen LogP contribution in [0.2, 0.25) is 0 Å². The molecule has 2 aromatic rings. The number of aliphatic hydroxyl groups excluding tert-OH is 1. The molecule has 0 bridgehead atoms. The summed E-state index contributed by atoms with van der Waals surface area (Å²) in [7, 11) is 0. The highest BCUT2D eigenvalue weighted by Gasteiger charge is 2.19. The SMILES string of the molecule is OC(c1ccc2c(c1)OCO2)c1nc(Br)cs1. The van der Waals surface area contributed by atoms with Gasteiger partial charge in [0.1, 0.15) is 15.7 Å². The molecule has 4 nitrogen and oxygen atoms in total. The molecule has 0 fully saturated rings. The van der Waals surface area contributed by atoms with E-state index in [1.807, 2.05) is 11.4 Å². The lowest BCUT2D eigenvalue weighted by Gasteiger charge is -2.08. The van der Waals surface area contributed by atoms with Crippen molar-refractivity contribution in [2.45, 2.75) is 6.10 Å². The summed E-state index contributed by atoms with van der Waals surface area (Å²) in [5.41, 5.74) is 0.746. The number of ether oxygens (including phenoxy) is 2. The number of fused-ring (bicyclic) bond motifs is 1. The predicted octanol–water partition coefficient (Wildman–Crippen LogP) is 2.72. The Morgan fingerprint density at radius 2 is 2.18 bits per heavy atom. The highest BCUT2D eigenvalue weighted by molar-refractivity contribution is 9.10. The summed E-state index contributed by atoms with van der Waals surface area (Å²) < 4.78 is 11.2. The van der Waals surface area contributed by atoms with E-state index in [1.54, 1.807) is 12.1 Å². The molecule has 6 heteroatoms. The molecular formula is C11H8BrNO3S. The Hall–Kier alpha value is -1.11. The minimum atomic E-state index is -0.735. The summed E-state index contributed by atoms with van der Waals surface area (Å²) in [4.78, 5) is 4.19. The van der Waals surface area contributed by atoms with Crippen LogP contribution in [-0.2, 0) is 0 Å². The molecule has 1 N–H and O–H groups in total. The molecule has 1 aliphatic rings. The van der Waals surface area contributed by atoms with Gasteiger partial charge in [-0.2, -0.15) is 0 Å². The fourth-order valence-corrected chi connectivity index (χ4v) is 2.89. The predicted molar refractivity (Wildman–Crippen MR) is 66.4 cm³/mol. The van der Waals surface area contributed by atoms with Gasteiger partial charge in [-0.05, 0) is 33.6 Å². The number of aliphatic hydroxyl groups is 1. The van der Waals surface area contributed by atoms with E-state index in [-0.39, 0.29) is 6.79 Å². The number of hydrogen-bond acceptors (Lipinski definition) is 5. The summed E-state index contributed by atoms with van der Waals surface area (Å²) in [6, 6.07) is 5.39. The van der Waals surface area contributed by atoms with Gasteiger partial charge in [-0.15, -0.1) is 11.3 Å². The minimum Gasteiger partial charge on any atom is -0.454 e. The highest BCUT2D eigenvalue weighted by atomic mass is 79.9. The Morgan fingerprint density at radius 3 is 2.94 bits per heavy atom. The Bertz CT molecular complexity index is 557. The van der Waals surface area contributed by atoms with Crippen molar-refractivity contribution < 1.29 is 14.6 Å². The normalized spacial score (nSPS) is 14.9. The maximum atomic E-state index is 10.2. The van der Waals surface area contributed by atoms with Crippen LogP contribution in [0.15, 0.2) is 28.2 Å². The van der Waals surface area contributed by atoms with Crippen LogP contribution in [0.1, 0.15) is 16.7 Å². The maximum Gasteiger partial charge on any atom is 0.231 e. The van der Waals surface area contributed by atoms with Gasteiger partial charge < -0.3 is 14.6 Å². The molecule has 1 aromatic heterocycles. The summed E-state index contributed by atoms with van der Waals surface area (Å²) >= 11 is 4.67. The number of aromatic nitrogens is 1. The Kier molecular flexibility index (Phi) is 2.78. The van der Waals surface area contributed by atoms with Crippen LogP contribution in [-0.4, -0.2) is 16.9 Å². The number of rotatable bonds is 2. The van der Waals surface area contributed by atoms with Gasteiger partial charge in [-0.1, -0.05) is 6.07 Å². The molecule has 0 aliphatic carbocycles. The fraction of sp³-hybridized carbons (Fsp3) is 0.182. The number of thiazole rings is 1. The van der Waals surface area contributed by atoms with Crippen molar-refractivity contribution in [1.82, 2.24) is 4.98 Å². The zero-order valence-corrected chi connectivity index (χ0v) is 11.0. The maximum absolute atomic E-state index is 10.2. The van der Waals surface area contributed by atoms with Crippen LogP contribution in [0.4, 0.5) is 0 Å². The van der Waals surface area contributed by atoms with Crippen LogP contribution in [0.5, 0.6) is 11.5 Å². The van der Waals surface area contributed by atoms with Crippen molar-refractivity contribution >= 4 is 27.3 Å². The topological polar surface area (TPSA) is 51.6 Å². The van der Waals surface area contributed by atoms with Gasteiger partial charge in [-0.25, -0.2) is 4.98 Å². The molecule has 1 atom stereocenters. The zero-order chi connectivity index (χ0) is 11.8. The van der Waals surface area contributed by atoms with Gasteiger partial charge in [0.15, 0.2) is 11.5 Å². The molecule has 1 aromatic carbocycles. The van der Waals surface area contributed by atoms with Crippen molar-refractivity contribution in [2.24, 2.45) is 0 Å². The first-order chi connectivity index (χ1) is 8.24. The van der Waals surface area contributed by atoms with Crippen molar-refractivity contribution in [3.63, 3.8) is 0 Å². The Labute approximate surface area is 110 Å². The number of nitrogens with zero attached hydrogens (tertiary/aromatic N) is 1. The van der Waals surface area contributed by atoms with E-state index < -0.39 is 6.10 Å². The standard InChI is InChI=1S/C11H8BrNO3S/c12-9-4-17-11(13-9)10(14)6-1-2-7-8(3-6)16-5-15-7/h1-4,10,14H,5H2. The van der Waals surface area contributed by atoms with Gasteiger partial charge >= 0.3 is 0 Å². The first-order valence-electron chi connectivity index (χ1n) is 4.92. The molecule has 1 aliphatic heterocycles. The van der Waals surface area contributed by atoms with Crippen LogP contribution >= 0.6 is 27.3 Å². The lowest BCUT2D eigenvalue weighted by molar-refractivity contribution is 0.173. The summed E-state index contributed by atoms with van der Waals surface area (Å²) in [5, 5.41) is 12.7. The molecule has 88 valence electrons. The second kappa shape index (κ2) is 4.29. The van der Waals surface area contributed by atoms with E-state index in [4.69, 9.17) is 9.47 Å². The average Bonchev–Trinajstić information content (AvgIpc) is 2.95. The summed E-state index contributed by atoms with van der Waals surface area (Å²) in [5.74, 6) is 1.37. The van der Waals surface area contributed by atoms with Crippen molar-refractivity contribution in [3.05, 3.63) is 38.8 Å². The minimum absolute atomic E-state index is 0.234. The van der Waals surface area contributed by atoms with Crippen LogP contribution in [0.3, 0.4) is 0 Å². The molecule has 3 rings (SSSR count). The zero-order valence-electron chi connectivity index (χ0n) is 8.59. The number of halogens is 1. The fourth-order valence-electron chi connectivity index (χ4n) is 1.62. The Morgan fingerprint density at radius 1 is 1.35 bits per heavy atom. The molecule has 0 saturated heterocycles. The van der Waals surface area contributed by atoms with Gasteiger partial charge in [0, 0.05) is 5.38 Å². The molecule has 17 heavy (non-hydrogen) atoms. The molecule has 2 heterocycles. The van der Waals surface area contributed by atoms with Crippen molar-refractivity contribution in [2.75, 3.05) is 6.79 Å². The number of hydrogen-bond donors (Lipinski definition) is 1. The van der Waals surface area contributed by atoms with E-state index in [2.05, 4.69) is 20.9 Å². The van der Waals surface area contributed by atoms with E-state index in [0.29, 0.717) is 16.5 Å². The molecule has 0 spiro atoms. The molecule has 1 unspecified atom stereocenters. The van der Waals surface area contributed by atoms with Crippen molar-refractivity contribution in [1.29, 1.82) is 0 Å². The molecule has 0 saturated carbocycles. The molecule has 0 radical (unpaired) electrons. The smallest absolute Gasteiger partial charge is 0.231 e. The quantitative estimate of drug-likeness (QED) is 0.926. The molecule has 0 amide bonds. The van der Waals surface area contributed by atoms with E-state index in [0.717, 1.165) is 10.2 Å². The van der Waals surface area contributed by atoms with Gasteiger partial charge in [0.2, 0.25) is 6.79 Å². The second-order valence-corrected chi connectivity index (χ2v) is 5.23. The third-order valence-electron chi connectivity index (χ3n) is 2.44. The van der Waals surface area contributed by atoms with Crippen LogP contribution in [0.25, 0.3) is 0 Å². The average molecular weight is 314 g/mol. The Balaban J connectivity index is 1.94. The lowest BCUT2D eigenvalue weighted by atomic mass is 10.1. The van der Waals surface area contributed by atoms with Crippen molar-refractivity contribution in [3.8, 4) is 11.5 Å². The first-order valence-corrected chi connectivity index (χ1v) is 6.60. The van der Waals surface area contributed by atoms with Crippen LogP contribution < -0.4 is 9.47 Å². The summed E-state index contributed by atoms with van der Waals surface area (Å²) in [6.07, 6.45) is -0.735. The largest absolute Gasteiger partial charge is 0.454 e. The molecular weight excluding hydrogens is 306 g/mol. The third kappa shape index (κ3) is 2.03. The third-order valence-corrected chi connectivity index (χ3v) is 4.05. The number of benzene rings is 1. The van der Waals surface area contributed by atoms with Gasteiger partial charge in [0.25, 0.3) is 0 Å². The first kappa shape index (κ1) is 11.0. The van der Waals surface area contributed by atoms with E-state index >= 15 is 0 Å². The monoisotopic (exact) mass is 313 g/mol. The second-order valence-electron chi connectivity index (χ2n) is 3.52. The highest BCUT2D eigenvalue weighted by Crippen LogP contribution is 2.36. The summed E-state index contributed by atoms with van der Waals surface area (Å²) in [6.45, 7) is 0.234. The lowest BCUT2D eigenvalue weighted by Crippen LogP contribution is -1.98. The van der Waals surface area contributed by atoms with Gasteiger partial charge in [-0.3, -0.25) is 0 Å².